The van der Waals surface area contributed by atoms with Gasteiger partial charge >= 0.3 is 0 Å². The number of hydrogen-bond donors (Lipinski definition) is 3. The zero-order valence-corrected chi connectivity index (χ0v) is 16.2. The number of nitrogens with one attached hydrogen (secondary N) is 3. The maximum atomic E-state index is 12.1. The topological polar surface area (TPSA) is 109 Å². The molecule has 26 heavy (non-hydrogen) atoms. The van der Waals surface area contributed by atoms with Crippen LogP contribution in [0.3, 0.4) is 0 Å². The van der Waals surface area contributed by atoms with Crippen LogP contribution in [0.2, 0.25) is 0 Å². The zero-order chi connectivity index (χ0) is 18.4. The predicted molar refractivity (Wildman–Crippen MR) is 104 cm³/mol. The van der Waals surface area contributed by atoms with Gasteiger partial charge in [-0.1, -0.05) is 11.8 Å². The summed E-state index contributed by atoms with van der Waals surface area (Å²) < 4.78 is 1.72. The van der Waals surface area contributed by atoms with Crippen LogP contribution in [0.5, 0.6) is 0 Å². The first-order chi connectivity index (χ1) is 12.7. The molecule has 3 N–H and O–H groups in total. The van der Waals surface area contributed by atoms with Gasteiger partial charge < -0.3 is 16.0 Å². The number of carbonyl (C=O) groups excluding carboxylic acids is 1. The highest BCUT2D eigenvalue weighted by molar-refractivity contribution is 7.99. The summed E-state index contributed by atoms with van der Waals surface area (Å²) in [6.45, 7) is 5.89. The fourth-order valence-corrected chi connectivity index (χ4v) is 3.60. The fourth-order valence-electron chi connectivity index (χ4n) is 2.17. The molecule has 11 heteroatoms. The lowest BCUT2D eigenvalue weighted by atomic mass is 10.3. The number of hydrogen-bond acceptors (Lipinski definition) is 9. The minimum Gasteiger partial charge on any atom is -0.355 e. The molecular formula is C15H20N8OS2. The van der Waals surface area contributed by atoms with Gasteiger partial charge in [-0.05, 0) is 36.2 Å². The van der Waals surface area contributed by atoms with Gasteiger partial charge in [0.05, 0.1) is 5.75 Å². The molecule has 0 aliphatic rings. The second kappa shape index (κ2) is 8.81. The quantitative estimate of drug-likeness (QED) is 0.474. The largest absolute Gasteiger partial charge is 0.355 e. The molecule has 3 heterocycles. The molecule has 0 saturated carbocycles. The lowest BCUT2D eigenvalue weighted by Gasteiger charge is -2.09. The molecule has 0 bridgehead atoms. The zero-order valence-electron chi connectivity index (χ0n) is 14.5. The Bertz CT molecular complexity index is 864. The van der Waals surface area contributed by atoms with Crippen LogP contribution in [0.25, 0.3) is 5.78 Å². The molecule has 0 spiro atoms. The molecule has 0 aliphatic carbocycles. The fraction of sp³-hybridized carbons (Fsp3) is 0.400. The van der Waals surface area contributed by atoms with E-state index in [4.69, 9.17) is 0 Å². The number of thiophene rings is 1. The minimum atomic E-state index is -0.0619. The van der Waals surface area contributed by atoms with Gasteiger partial charge in [0.25, 0.3) is 5.78 Å². The third-order valence-corrected chi connectivity index (χ3v) is 4.98. The van der Waals surface area contributed by atoms with Crippen molar-refractivity contribution in [3.63, 3.8) is 0 Å². The summed E-state index contributed by atoms with van der Waals surface area (Å²) in [5.74, 6) is 1.71. The van der Waals surface area contributed by atoms with Crippen LogP contribution >= 0.6 is 23.1 Å². The van der Waals surface area contributed by atoms with Crippen molar-refractivity contribution in [2.75, 3.05) is 29.5 Å². The molecule has 3 aromatic rings. The predicted octanol–water partition coefficient (Wildman–Crippen LogP) is 1.85. The van der Waals surface area contributed by atoms with Crippen molar-refractivity contribution in [2.45, 2.75) is 25.5 Å². The van der Waals surface area contributed by atoms with Gasteiger partial charge in [-0.3, -0.25) is 4.79 Å². The van der Waals surface area contributed by atoms with Gasteiger partial charge in [-0.2, -0.15) is 21.3 Å². The number of thioether (sulfide) groups is 1. The third-order valence-electron chi connectivity index (χ3n) is 3.32. The number of anilines is 2. The number of amides is 1. The van der Waals surface area contributed by atoms with E-state index in [2.05, 4.69) is 36.1 Å². The average molecular weight is 393 g/mol. The maximum Gasteiger partial charge on any atom is 0.261 e. The highest BCUT2D eigenvalue weighted by atomic mass is 32.2. The minimum absolute atomic E-state index is 0.0619. The number of aromatic nitrogens is 5. The van der Waals surface area contributed by atoms with Crippen LogP contribution in [-0.2, 0) is 11.3 Å². The molecule has 0 radical (unpaired) electrons. The van der Waals surface area contributed by atoms with Crippen LogP contribution in [-0.4, -0.2) is 49.3 Å². The van der Waals surface area contributed by atoms with Gasteiger partial charge in [0.2, 0.25) is 17.8 Å². The highest BCUT2D eigenvalue weighted by Crippen LogP contribution is 2.20. The summed E-state index contributed by atoms with van der Waals surface area (Å²) in [6, 6.07) is 1.99. The average Bonchev–Trinajstić information content (AvgIpc) is 3.28. The first kappa shape index (κ1) is 18.4. The molecule has 0 atom stereocenters. The lowest BCUT2D eigenvalue weighted by Crippen LogP contribution is -2.24. The van der Waals surface area contributed by atoms with Crippen molar-refractivity contribution in [1.82, 2.24) is 29.9 Å². The molecule has 0 saturated heterocycles. The molecule has 0 unspecified atom stereocenters. The summed E-state index contributed by atoms with van der Waals surface area (Å²) in [5.41, 5.74) is 1.10. The number of fused-ring (bicyclic) bond motifs is 1. The molecule has 0 fully saturated rings. The Balaban J connectivity index is 1.70. The smallest absolute Gasteiger partial charge is 0.261 e. The first-order valence-corrected chi connectivity index (χ1v) is 10.2. The Morgan fingerprint density at radius 1 is 1.23 bits per heavy atom. The van der Waals surface area contributed by atoms with Crippen LogP contribution in [0.15, 0.2) is 22.0 Å². The molecule has 138 valence electrons. The number of rotatable bonds is 9. The molecule has 0 aliphatic heterocycles. The third kappa shape index (κ3) is 4.41. The monoisotopic (exact) mass is 392 g/mol. The molecule has 9 nitrogen and oxygen atoms in total. The summed E-state index contributed by atoms with van der Waals surface area (Å²) >= 11 is 2.91. The van der Waals surface area contributed by atoms with E-state index in [1.54, 1.807) is 15.7 Å². The number of nitrogens with zero attached hydrogens (tertiary/aromatic N) is 5. The Morgan fingerprint density at radius 2 is 2.08 bits per heavy atom. The lowest BCUT2D eigenvalue weighted by molar-refractivity contribution is -0.118. The first-order valence-electron chi connectivity index (χ1n) is 8.22. The molecule has 1 amide bonds. The van der Waals surface area contributed by atoms with Crippen molar-refractivity contribution < 1.29 is 4.79 Å². The van der Waals surface area contributed by atoms with E-state index in [0.717, 1.165) is 5.56 Å². The number of carbonyl (C=O) groups is 1. The SMILES string of the molecule is CCNc1nc(NCC)n2c(SCC(=O)NCc3ccsc3)nnc2n1. The van der Waals surface area contributed by atoms with Crippen LogP contribution < -0.4 is 16.0 Å². The highest BCUT2D eigenvalue weighted by Gasteiger charge is 2.15. The molecule has 3 aromatic heterocycles. The second-order valence-corrected chi connectivity index (χ2v) is 6.97. The van der Waals surface area contributed by atoms with Gasteiger partial charge in [0.1, 0.15) is 0 Å². The standard InChI is InChI=1S/C15H20N8OS2/c1-3-16-12-19-13(17-4-2)23-14(20-12)21-22-15(23)26-9-11(24)18-7-10-5-6-25-8-10/h5-6,8H,3-4,7,9H2,1-2H3,(H,18,24)(H2,16,17,19,20,21). The van der Waals surface area contributed by atoms with Crippen molar-refractivity contribution in [3.8, 4) is 0 Å². The molecule has 0 aromatic carbocycles. The Morgan fingerprint density at radius 3 is 2.81 bits per heavy atom. The Hall–Kier alpha value is -2.40. The van der Waals surface area contributed by atoms with Gasteiger partial charge in [-0.25, -0.2) is 4.40 Å². The summed E-state index contributed by atoms with van der Waals surface area (Å²) in [4.78, 5) is 20.9. The van der Waals surface area contributed by atoms with Crippen molar-refractivity contribution in [2.24, 2.45) is 0 Å². The van der Waals surface area contributed by atoms with Crippen molar-refractivity contribution >= 4 is 46.7 Å². The Kier molecular flexibility index (Phi) is 6.23. The van der Waals surface area contributed by atoms with Gasteiger partial charge in [0, 0.05) is 19.6 Å². The van der Waals surface area contributed by atoms with E-state index in [0.29, 0.717) is 42.5 Å². The summed E-state index contributed by atoms with van der Waals surface area (Å²) in [6.07, 6.45) is 0. The van der Waals surface area contributed by atoms with Crippen molar-refractivity contribution in [3.05, 3.63) is 22.4 Å². The summed E-state index contributed by atoms with van der Waals surface area (Å²) in [5, 5.41) is 22.0. The van der Waals surface area contributed by atoms with E-state index < -0.39 is 0 Å². The molecular weight excluding hydrogens is 372 g/mol. The van der Waals surface area contributed by atoms with Gasteiger partial charge in [-0.15, -0.1) is 10.2 Å². The molecule has 3 rings (SSSR count). The maximum absolute atomic E-state index is 12.1. The van der Waals surface area contributed by atoms with Gasteiger partial charge in [0.15, 0.2) is 5.16 Å². The second-order valence-electron chi connectivity index (χ2n) is 5.25. The van der Waals surface area contributed by atoms with Crippen LogP contribution in [0.1, 0.15) is 19.4 Å². The summed E-state index contributed by atoms with van der Waals surface area (Å²) in [7, 11) is 0. The van der Waals surface area contributed by atoms with Crippen molar-refractivity contribution in [1.29, 1.82) is 0 Å². The van der Waals surface area contributed by atoms with E-state index >= 15 is 0 Å². The van der Waals surface area contributed by atoms with E-state index in [1.807, 2.05) is 30.7 Å². The normalized spacial score (nSPS) is 10.8. The Labute approximate surface area is 159 Å². The van der Waals surface area contributed by atoms with E-state index in [9.17, 15) is 4.79 Å². The van der Waals surface area contributed by atoms with Crippen LogP contribution in [0.4, 0.5) is 11.9 Å². The van der Waals surface area contributed by atoms with E-state index in [-0.39, 0.29) is 11.7 Å². The van der Waals surface area contributed by atoms with Crippen LogP contribution in [0, 0.1) is 0 Å². The van der Waals surface area contributed by atoms with E-state index in [1.165, 1.54) is 11.8 Å².